The van der Waals surface area contributed by atoms with Crippen LogP contribution in [0.5, 0.6) is 0 Å². The number of nitrogens with one attached hydrogen (secondary N) is 1. The van der Waals surface area contributed by atoms with E-state index in [-0.39, 0.29) is 5.91 Å². The van der Waals surface area contributed by atoms with Crippen LogP contribution in [0.2, 0.25) is 0 Å². The number of carbonyl (C=O) groups excluding carboxylic acids is 1. The zero-order valence-electron chi connectivity index (χ0n) is 10.7. The Bertz CT molecular complexity index is 502. The topological polar surface area (TPSA) is 65.8 Å². The molecule has 0 aromatic carbocycles. The monoisotopic (exact) mass is 321 g/mol. The number of halogens is 1. The molecular weight excluding hydrogens is 306 g/mol. The van der Waals surface area contributed by atoms with E-state index in [1.807, 2.05) is 0 Å². The third-order valence-corrected chi connectivity index (χ3v) is 4.16. The summed E-state index contributed by atoms with van der Waals surface area (Å²) in [5.74, 6) is -0.233. The molecule has 0 radical (unpaired) electrons. The number of rotatable bonds is 2. The molecule has 0 unspecified atom stereocenters. The summed E-state index contributed by atoms with van der Waals surface area (Å²) < 4.78 is 0.509. The minimum atomic E-state index is -0.719. The first-order valence-corrected chi connectivity index (χ1v) is 7.30. The first-order valence-electron chi connectivity index (χ1n) is 6.51. The average Bonchev–Trinajstić information content (AvgIpc) is 2.65. The Morgan fingerprint density at radius 1 is 1.37 bits per heavy atom. The van der Waals surface area contributed by atoms with Crippen LogP contribution >= 0.6 is 15.9 Å². The fourth-order valence-corrected chi connectivity index (χ4v) is 2.87. The number of hydrogen-bond acceptors (Lipinski definition) is 3. The van der Waals surface area contributed by atoms with Crippen LogP contribution in [0.1, 0.15) is 48.9 Å². The SMILES string of the molecule is N#CC1(NC(=O)c2cccnc2Br)CCCCCC1. The van der Waals surface area contributed by atoms with Crippen molar-refractivity contribution in [1.29, 1.82) is 5.26 Å². The first-order chi connectivity index (χ1) is 9.17. The summed E-state index contributed by atoms with van der Waals surface area (Å²) in [5, 5.41) is 12.3. The predicted molar refractivity (Wildman–Crippen MR) is 75.4 cm³/mol. The lowest BCUT2D eigenvalue weighted by Gasteiger charge is -2.26. The summed E-state index contributed by atoms with van der Waals surface area (Å²) in [5.41, 5.74) is -0.246. The van der Waals surface area contributed by atoms with Crippen LogP contribution in [-0.4, -0.2) is 16.4 Å². The zero-order valence-corrected chi connectivity index (χ0v) is 12.2. The molecule has 1 aromatic heterocycles. The fourth-order valence-electron chi connectivity index (χ4n) is 2.44. The van der Waals surface area contributed by atoms with Crippen molar-refractivity contribution in [2.24, 2.45) is 0 Å². The molecule has 0 saturated heterocycles. The lowest BCUT2D eigenvalue weighted by Crippen LogP contribution is -2.47. The molecule has 0 spiro atoms. The number of nitrogens with zero attached hydrogens (tertiary/aromatic N) is 2. The van der Waals surface area contributed by atoms with Gasteiger partial charge in [0, 0.05) is 6.20 Å². The van der Waals surface area contributed by atoms with E-state index in [0.29, 0.717) is 10.2 Å². The lowest BCUT2D eigenvalue weighted by molar-refractivity contribution is 0.0911. The van der Waals surface area contributed by atoms with E-state index in [1.165, 1.54) is 0 Å². The Kier molecular flexibility index (Phi) is 4.54. The van der Waals surface area contributed by atoms with Crippen molar-refractivity contribution in [1.82, 2.24) is 10.3 Å². The highest BCUT2D eigenvalue weighted by atomic mass is 79.9. The Morgan fingerprint density at radius 3 is 2.63 bits per heavy atom. The van der Waals surface area contributed by atoms with Gasteiger partial charge in [0.05, 0.1) is 11.6 Å². The van der Waals surface area contributed by atoms with Crippen LogP contribution in [0, 0.1) is 11.3 Å². The van der Waals surface area contributed by atoms with Crippen LogP contribution in [0.4, 0.5) is 0 Å². The lowest BCUT2D eigenvalue weighted by atomic mass is 9.91. The number of carbonyl (C=O) groups is 1. The van der Waals surface area contributed by atoms with Crippen molar-refractivity contribution in [2.45, 2.75) is 44.1 Å². The minimum Gasteiger partial charge on any atom is -0.334 e. The van der Waals surface area contributed by atoms with E-state index in [2.05, 4.69) is 32.3 Å². The second kappa shape index (κ2) is 6.16. The van der Waals surface area contributed by atoms with Crippen molar-refractivity contribution in [3.05, 3.63) is 28.5 Å². The maximum atomic E-state index is 12.3. The smallest absolute Gasteiger partial charge is 0.255 e. The summed E-state index contributed by atoms with van der Waals surface area (Å²) in [6.07, 6.45) is 7.32. The van der Waals surface area contributed by atoms with Gasteiger partial charge in [-0.1, -0.05) is 25.7 Å². The molecule has 1 aliphatic carbocycles. The maximum absolute atomic E-state index is 12.3. The molecule has 0 atom stereocenters. The van der Waals surface area contributed by atoms with Crippen LogP contribution < -0.4 is 5.32 Å². The molecule has 1 aromatic rings. The first kappa shape index (κ1) is 14.0. The normalized spacial score (nSPS) is 18.1. The largest absolute Gasteiger partial charge is 0.334 e. The molecule has 1 saturated carbocycles. The number of nitriles is 1. The van der Waals surface area contributed by atoms with Gasteiger partial charge in [0.25, 0.3) is 5.91 Å². The molecule has 19 heavy (non-hydrogen) atoms. The average molecular weight is 322 g/mol. The zero-order chi connectivity index (χ0) is 13.7. The Morgan fingerprint density at radius 2 is 2.05 bits per heavy atom. The molecule has 1 heterocycles. The second-order valence-electron chi connectivity index (χ2n) is 4.90. The van der Waals surface area contributed by atoms with Gasteiger partial charge in [0.1, 0.15) is 10.1 Å². The fraction of sp³-hybridized carbons (Fsp3) is 0.500. The Balaban J connectivity index is 2.17. The third kappa shape index (κ3) is 3.32. The summed E-state index contributed by atoms with van der Waals surface area (Å²) in [6.45, 7) is 0. The van der Waals surface area contributed by atoms with Gasteiger partial charge < -0.3 is 5.32 Å². The van der Waals surface area contributed by atoms with Crippen molar-refractivity contribution >= 4 is 21.8 Å². The van der Waals surface area contributed by atoms with E-state index < -0.39 is 5.54 Å². The molecule has 1 N–H and O–H groups in total. The summed E-state index contributed by atoms with van der Waals surface area (Å²) in [6, 6.07) is 5.73. The van der Waals surface area contributed by atoms with Crippen molar-refractivity contribution < 1.29 is 4.79 Å². The Labute approximate surface area is 121 Å². The van der Waals surface area contributed by atoms with Gasteiger partial charge >= 0.3 is 0 Å². The minimum absolute atomic E-state index is 0.233. The predicted octanol–water partition coefficient (Wildman–Crippen LogP) is 3.19. The standard InChI is InChI=1S/C14H16BrN3O/c15-12-11(6-5-9-17-12)13(19)18-14(10-16)7-3-1-2-4-8-14/h5-6,9H,1-4,7-8H2,(H,18,19). The van der Waals surface area contributed by atoms with Crippen molar-refractivity contribution in [3.8, 4) is 6.07 Å². The molecule has 1 amide bonds. The molecule has 0 bridgehead atoms. The maximum Gasteiger partial charge on any atom is 0.255 e. The molecule has 100 valence electrons. The molecule has 1 fully saturated rings. The quantitative estimate of drug-likeness (QED) is 0.672. The van der Waals surface area contributed by atoms with Crippen LogP contribution in [0.3, 0.4) is 0 Å². The Hall–Kier alpha value is -1.41. The molecule has 2 rings (SSSR count). The molecule has 0 aliphatic heterocycles. The van der Waals surface area contributed by atoms with Gasteiger partial charge in [0.15, 0.2) is 0 Å². The number of amides is 1. The molecule has 4 nitrogen and oxygen atoms in total. The van der Waals surface area contributed by atoms with E-state index in [4.69, 9.17) is 0 Å². The van der Waals surface area contributed by atoms with Crippen LogP contribution in [0.15, 0.2) is 22.9 Å². The highest BCUT2D eigenvalue weighted by molar-refractivity contribution is 9.10. The molecular formula is C14H16BrN3O. The van der Waals surface area contributed by atoms with Gasteiger partial charge in [0.2, 0.25) is 0 Å². The van der Waals surface area contributed by atoms with E-state index >= 15 is 0 Å². The summed E-state index contributed by atoms with van der Waals surface area (Å²) in [4.78, 5) is 16.3. The van der Waals surface area contributed by atoms with E-state index in [0.717, 1.165) is 38.5 Å². The second-order valence-corrected chi connectivity index (χ2v) is 5.66. The van der Waals surface area contributed by atoms with Crippen molar-refractivity contribution in [3.63, 3.8) is 0 Å². The summed E-state index contributed by atoms with van der Waals surface area (Å²) >= 11 is 3.26. The van der Waals surface area contributed by atoms with Crippen LogP contribution in [0.25, 0.3) is 0 Å². The molecule has 1 aliphatic rings. The highest BCUT2D eigenvalue weighted by Gasteiger charge is 2.33. The van der Waals surface area contributed by atoms with Gasteiger partial charge in [-0.15, -0.1) is 0 Å². The van der Waals surface area contributed by atoms with Gasteiger partial charge in [-0.25, -0.2) is 4.98 Å². The molecule has 5 heteroatoms. The van der Waals surface area contributed by atoms with Crippen molar-refractivity contribution in [2.75, 3.05) is 0 Å². The van der Waals surface area contributed by atoms with Crippen LogP contribution in [-0.2, 0) is 0 Å². The van der Waals surface area contributed by atoms with E-state index in [9.17, 15) is 10.1 Å². The highest BCUT2D eigenvalue weighted by Crippen LogP contribution is 2.27. The third-order valence-electron chi connectivity index (χ3n) is 3.53. The number of aromatic nitrogens is 1. The van der Waals surface area contributed by atoms with Gasteiger partial charge in [-0.05, 0) is 40.9 Å². The van der Waals surface area contributed by atoms with Gasteiger partial charge in [-0.3, -0.25) is 4.79 Å². The number of hydrogen-bond donors (Lipinski definition) is 1. The summed E-state index contributed by atoms with van der Waals surface area (Å²) in [7, 11) is 0. The van der Waals surface area contributed by atoms with Gasteiger partial charge in [-0.2, -0.15) is 5.26 Å². The van der Waals surface area contributed by atoms with E-state index in [1.54, 1.807) is 18.3 Å². The number of pyridine rings is 1.